The van der Waals surface area contributed by atoms with E-state index in [-0.39, 0.29) is 28.0 Å². The summed E-state index contributed by atoms with van der Waals surface area (Å²) in [4.78, 5) is 10.4. The summed E-state index contributed by atoms with van der Waals surface area (Å²) in [5.74, 6) is 0. The Morgan fingerprint density at radius 1 is 1.47 bits per heavy atom. The standard InChI is InChI=1S/C13H17NO3/c1-9-6-10(4-5-11(9)14(16)17)13(8-15)7-12(13,2)3/h4-6,15H,7-8H2,1-3H3. The highest BCUT2D eigenvalue weighted by Gasteiger charge is 2.61. The van der Waals surface area contributed by atoms with E-state index in [1.54, 1.807) is 13.0 Å². The van der Waals surface area contributed by atoms with Crippen LogP contribution in [0.2, 0.25) is 0 Å². The predicted octanol–water partition coefficient (Wildman–Crippen LogP) is 2.56. The van der Waals surface area contributed by atoms with Gasteiger partial charge in [-0.15, -0.1) is 0 Å². The molecule has 1 aliphatic rings. The Labute approximate surface area is 100 Å². The molecule has 1 aromatic rings. The van der Waals surface area contributed by atoms with Gasteiger partial charge in [0.15, 0.2) is 0 Å². The number of aliphatic hydroxyl groups is 1. The third-order valence-electron chi connectivity index (χ3n) is 4.13. The molecule has 1 saturated carbocycles. The zero-order valence-electron chi connectivity index (χ0n) is 10.4. The van der Waals surface area contributed by atoms with Crippen LogP contribution >= 0.6 is 0 Å². The number of nitrogens with zero attached hydrogens (tertiary/aromatic N) is 1. The number of aliphatic hydroxyl groups excluding tert-OH is 1. The summed E-state index contributed by atoms with van der Waals surface area (Å²) in [6, 6.07) is 5.15. The van der Waals surface area contributed by atoms with Gasteiger partial charge in [-0.1, -0.05) is 19.9 Å². The molecule has 1 unspecified atom stereocenters. The Kier molecular flexibility index (Phi) is 2.51. The molecular weight excluding hydrogens is 218 g/mol. The maximum atomic E-state index is 10.8. The number of benzene rings is 1. The molecule has 0 saturated heterocycles. The molecule has 0 heterocycles. The van der Waals surface area contributed by atoms with Crippen LogP contribution in [-0.4, -0.2) is 16.6 Å². The van der Waals surface area contributed by atoms with Crippen LogP contribution in [-0.2, 0) is 5.41 Å². The van der Waals surface area contributed by atoms with Gasteiger partial charge in [-0.05, 0) is 30.4 Å². The molecule has 1 atom stereocenters. The molecule has 92 valence electrons. The summed E-state index contributed by atoms with van der Waals surface area (Å²) in [6.07, 6.45) is 0.924. The summed E-state index contributed by atoms with van der Waals surface area (Å²) in [7, 11) is 0. The van der Waals surface area contributed by atoms with Crippen molar-refractivity contribution in [3.05, 3.63) is 39.4 Å². The lowest BCUT2D eigenvalue weighted by atomic mass is 9.87. The minimum absolute atomic E-state index is 0.0737. The van der Waals surface area contributed by atoms with Crippen LogP contribution in [0.15, 0.2) is 18.2 Å². The molecule has 0 radical (unpaired) electrons. The van der Waals surface area contributed by atoms with Gasteiger partial charge in [0.05, 0.1) is 11.5 Å². The van der Waals surface area contributed by atoms with E-state index >= 15 is 0 Å². The number of rotatable bonds is 3. The number of hydrogen-bond donors (Lipinski definition) is 1. The zero-order valence-corrected chi connectivity index (χ0v) is 10.4. The summed E-state index contributed by atoms with van der Waals surface area (Å²) in [5.41, 5.74) is 1.66. The van der Waals surface area contributed by atoms with Crippen LogP contribution in [0.1, 0.15) is 31.4 Å². The van der Waals surface area contributed by atoms with Crippen LogP contribution in [0.3, 0.4) is 0 Å². The van der Waals surface area contributed by atoms with Gasteiger partial charge < -0.3 is 5.11 Å². The van der Waals surface area contributed by atoms with Gasteiger partial charge in [0.1, 0.15) is 0 Å². The Morgan fingerprint density at radius 2 is 2.06 bits per heavy atom. The van der Waals surface area contributed by atoms with Gasteiger partial charge in [0.2, 0.25) is 0 Å². The van der Waals surface area contributed by atoms with E-state index in [4.69, 9.17) is 0 Å². The van der Waals surface area contributed by atoms with Crippen molar-refractivity contribution in [3.8, 4) is 0 Å². The molecular formula is C13H17NO3. The Hall–Kier alpha value is -1.42. The molecule has 0 aromatic heterocycles. The molecule has 2 rings (SSSR count). The van der Waals surface area contributed by atoms with E-state index < -0.39 is 0 Å². The van der Waals surface area contributed by atoms with E-state index in [0.717, 1.165) is 12.0 Å². The summed E-state index contributed by atoms with van der Waals surface area (Å²) < 4.78 is 0. The molecule has 17 heavy (non-hydrogen) atoms. The molecule has 0 bridgehead atoms. The van der Waals surface area contributed by atoms with Gasteiger partial charge in [-0.25, -0.2) is 0 Å². The van der Waals surface area contributed by atoms with Crippen LogP contribution in [0, 0.1) is 22.5 Å². The van der Waals surface area contributed by atoms with Gasteiger partial charge in [-0.2, -0.15) is 0 Å². The lowest BCUT2D eigenvalue weighted by molar-refractivity contribution is -0.385. The van der Waals surface area contributed by atoms with Crippen molar-refractivity contribution < 1.29 is 10.0 Å². The van der Waals surface area contributed by atoms with E-state index in [2.05, 4.69) is 13.8 Å². The van der Waals surface area contributed by atoms with Crippen molar-refractivity contribution in [2.45, 2.75) is 32.6 Å². The number of aryl methyl sites for hydroxylation is 1. The second-order valence-electron chi connectivity index (χ2n) is 5.56. The average Bonchev–Trinajstić information content (AvgIpc) is 2.81. The highest BCUT2D eigenvalue weighted by molar-refractivity contribution is 5.47. The maximum absolute atomic E-state index is 10.8. The fourth-order valence-corrected chi connectivity index (χ4v) is 2.72. The van der Waals surface area contributed by atoms with E-state index in [1.807, 2.05) is 6.07 Å². The first-order valence-corrected chi connectivity index (χ1v) is 5.70. The fraction of sp³-hybridized carbons (Fsp3) is 0.538. The summed E-state index contributed by atoms with van der Waals surface area (Å²) in [5, 5.41) is 20.3. The molecule has 4 nitrogen and oxygen atoms in total. The fourth-order valence-electron chi connectivity index (χ4n) is 2.72. The molecule has 0 spiro atoms. The van der Waals surface area contributed by atoms with Crippen LogP contribution in [0.5, 0.6) is 0 Å². The highest BCUT2D eigenvalue weighted by Crippen LogP contribution is 2.64. The van der Waals surface area contributed by atoms with Crippen LogP contribution in [0.4, 0.5) is 5.69 Å². The van der Waals surface area contributed by atoms with Crippen LogP contribution < -0.4 is 0 Å². The topological polar surface area (TPSA) is 63.4 Å². The minimum Gasteiger partial charge on any atom is -0.395 e. The van der Waals surface area contributed by atoms with Crippen molar-refractivity contribution in [2.24, 2.45) is 5.41 Å². The lowest BCUT2D eigenvalue weighted by Crippen LogP contribution is -2.19. The lowest BCUT2D eigenvalue weighted by Gasteiger charge is -2.18. The van der Waals surface area contributed by atoms with Gasteiger partial charge >= 0.3 is 0 Å². The highest BCUT2D eigenvalue weighted by atomic mass is 16.6. The van der Waals surface area contributed by atoms with E-state index in [9.17, 15) is 15.2 Å². The first kappa shape index (κ1) is 12.0. The van der Waals surface area contributed by atoms with Crippen molar-refractivity contribution >= 4 is 5.69 Å². The first-order chi connectivity index (χ1) is 7.84. The van der Waals surface area contributed by atoms with Crippen molar-refractivity contribution in [2.75, 3.05) is 6.61 Å². The SMILES string of the molecule is Cc1cc(C2(CO)CC2(C)C)ccc1[N+](=O)[O-]. The summed E-state index contributed by atoms with van der Waals surface area (Å²) in [6.45, 7) is 6.05. The third kappa shape index (κ3) is 1.63. The first-order valence-electron chi connectivity index (χ1n) is 5.70. The second-order valence-corrected chi connectivity index (χ2v) is 5.56. The van der Waals surface area contributed by atoms with Crippen molar-refractivity contribution in [1.29, 1.82) is 0 Å². The monoisotopic (exact) mass is 235 g/mol. The average molecular weight is 235 g/mol. The number of nitro benzene ring substituents is 1. The van der Waals surface area contributed by atoms with Gasteiger partial charge in [0, 0.05) is 17.0 Å². The molecule has 1 aromatic carbocycles. The van der Waals surface area contributed by atoms with E-state index in [1.165, 1.54) is 6.07 Å². The Bertz CT molecular complexity index is 482. The third-order valence-corrected chi connectivity index (χ3v) is 4.13. The number of nitro groups is 1. The molecule has 1 N–H and O–H groups in total. The number of hydrogen-bond acceptors (Lipinski definition) is 3. The zero-order chi connectivity index (χ0) is 12.8. The smallest absolute Gasteiger partial charge is 0.272 e. The Morgan fingerprint density at radius 3 is 2.41 bits per heavy atom. The second kappa shape index (κ2) is 3.53. The van der Waals surface area contributed by atoms with Crippen molar-refractivity contribution in [3.63, 3.8) is 0 Å². The minimum atomic E-state index is -0.372. The largest absolute Gasteiger partial charge is 0.395 e. The molecule has 0 amide bonds. The molecule has 1 aliphatic carbocycles. The van der Waals surface area contributed by atoms with Crippen LogP contribution in [0.25, 0.3) is 0 Å². The normalized spacial score (nSPS) is 25.6. The Balaban J connectivity index is 2.43. The van der Waals surface area contributed by atoms with Gasteiger partial charge in [-0.3, -0.25) is 10.1 Å². The maximum Gasteiger partial charge on any atom is 0.272 e. The molecule has 0 aliphatic heterocycles. The predicted molar refractivity (Wildman–Crippen MR) is 65.0 cm³/mol. The quantitative estimate of drug-likeness (QED) is 0.647. The van der Waals surface area contributed by atoms with Crippen molar-refractivity contribution in [1.82, 2.24) is 0 Å². The van der Waals surface area contributed by atoms with E-state index in [0.29, 0.717) is 5.56 Å². The van der Waals surface area contributed by atoms with Gasteiger partial charge in [0.25, 0.3) is 5.69 Å². The molecule has 1 fully saturated rings. The summed E-state index contributed by atoms with van der Waals surface area (Å²) >= 11 is 0. The molecule has 4 heteroatoms.